The molecule has 0 radical (unpaired) electrons. The zero-order valence-electron chi connectivity index (χ0n) is 15.0. The predicted molar refractivity (Wildman–Crippen MR) is 107 cm³/mol. The van der Waals surface area contributed by atoms with Gasteiger partial charge in [-0.2, -0.15) is 0 Å². The molecule has 1 aromatic heterocycles. The Morgan fingerprint density at radius 2 is 2.04 bits per heavy atom. The highest BCUT2D eigenvalue weighted by atomic mass is 35.5. The summed E-state index contributed by atoms with van der Waals surface area (Å²) in [6.45, 7) is 2.44. The highest BCUT2D eigenvalue weighted by Gasteiger charge is 2.22. The molecule has 0 saturated carbocycles. The van der Waals surface area contributed by atoms with E-state index in [1.807, 2.05) is 47.3 Å². The van der Waals surface area contributed by atoms with Crippen molar-refractivity contribution in [3.8, 4) is 17.0 Å². The summed E-state index contributed by atoms with van der Waals surface area (Å²) in [5, 5.41) is 9.92. The van der Waals surface area contributed by atoms with Gasteiger partial charge in [-0.25, -0.2) is 4.68 Å². The SMILES string of the molecule is CN1CC[C@H](n2cc(-c3ccccc3OCc3ccc(Cl)cc3Cl)nn2)C1. The van der Waals surface area contributed by atoms with Crippen LogP contribution in [0.4, 0.5) is 0 Å². The van der Waals surface area contributed by atoms with Crippen molar-refractivity contribution >= 4 is 23.2 Å². The van der Waals surface area contributed by atoms with Crippen LogP contribution in [0.3, 0.4) is 0 Å². The second kappa shape index (κ2) is 7.89. The van der Waals surface area contributed by atoms with Crippen LogP contribution >= 0.6 is 23.2 Å². The molecule has 2 aromatic carbocycles. The Kier molecular flexibility index (Phi) is 5.34. The maximum absolute atomic E-state index is 6.25. The molecule has 1 fully saturated rings. The zero-order valence-corrected chi connectivity index (χ0v) is 16.5. The standard InChI is InChI=1S/C20H20Cl2N4O/c1-25-9-8-16(11-25)26-12-19(23-24-26)17-4-2-3-5-20(17)27-13-14-6-7-15(21)10-18(14)22/h2-7,10,12,16H,8-9,11,13H2,1H3/t16-/m0/s1. The molecule has 3 aromatic rings. The van der Waals surface area contributed by atoms with Crippen LogP contribution in [0.1, 0.15) is 18.0 Å². The number of ether oxygens (including phenoxy) is 1. The molecule has 4 rings (SSSR count). The van der Waals surface area contributed by atoms with Gasteiger partial charge in [0.2, 0.25) is 0 Å². The molecular formula is C20H20Cl2N4O. The van der Waals surface area contributed by atoms with E-state index in [4.69, 9.17) is 27.9 Å². The van der Waals surface area contributed by atoms with Crippen LogP contribution in [0.15, 0.2) is 48.7 Å². The van der Waals surface area contributed by atoms with E-state index in [0.717, 1.165) is 42.1 Å². The summed E-state index contributed by atoms with van der Waals surface area (Å²) in [5.74, 6) is 0.749. The van der Waals surface area contributed by atoms with Gasteiger partial charge in [-0.3, -0.25) is 0 Å². The number of aromatic nitrogens is 3. The Bertz CT molecular complexity index is 943. The van der Waals surface area contributed by atoms with Gasteiger partial charge in [0.25, 0.3) is 0 Å². The lowest BCUT2D eigenvalue weighted by atomic mass is 10.1. The number of hydrogen-bond acceptors (Lipinski definition) is 4. The summed E-state index contributed by atoms with van der Waals surface area (Å²) in [5.41, 5.74) is 2.61. The van der Waals surface area contributed by atoms with Crippen molar-refractivity contribution in [2.45, 2.75) is 19.1 Å². The second-order valence-corrected chi connectivity index (χ2v) is 7.65. The van der Waals surface area contributed by atoms with Crippen molar-refractivity contribution < 1.29 is 4.74 Å². The summed E-state index contributed by atoms with van der Waals surface area (Å²) >= 11 is 12.2. The Morgan fingerprint density at radius 1 is 1.19 bits per heavy atom. The van der Waals surface area contributed by atoms with E-state index in [2.05, 4.69) is 22.3 Å². The topological polar surface area (TPSA) is 43.2 Å². The fourth-order valence-electron chi connectivity index (χ4n) is 3.30. The molecule has 0 amide bonds. The first-order valence-electron chi connectivity index (χ1n) is 8.86. The van der Waals surface area contributed by atoms with Crippen LogP contribution in [-0.2, 0) is 6.61 Å². The van der Waals surface area contributed by atoms with Gasteiger partial charge in [0, 0.05) is 27.7 Å². The lowest BCUT2D eigenvalue weighted by molar-refractivity contribution is 0.307. The lowest BCUT2D eigenvalue weighted by Crippen LogP contribution is -2.16. The van der Waals surface area contributed by atoms with Gasteiger partial charge in [-0.1, -0.05) is 46.6 Å². The molecule has 0 aliphatic carbocycles. The molecule has 1 aliphatic rings. The molecule has 0 unspecified atom stereocenters. The van der Waals surface area contributed by atoms with E-state index < -0.39 is 0 Å². The maximum Gasteiger partial charge on any atom is 0.129 e. The molecule has 1 saturated heterocycles. The molecule has 7 heteroatoms. The van der Waals surface area contributed by atoms with E-state index in [1.54, 1.807) is 6.07 Å². The Morgan fingerprint density at radius 3 is 2.81 bits per heavy atom. The van der Waals surface area contributed by atoms with Crippen molar-refractivity contribution in [2.75, 3.05) is 20.1 Å². The van der Waals surface area contributed by atoms with Crippen molar-refractivity contribution in [1.82, 2.24) is 19.9 Å². The first-order valence-corrected chi connectivity index (χ1v) is 9.62. The molecule has 1 aliphatic heterocycles. The van der Waals surface area contributed by atoms with Crippen LogP contribution in [0, 0.1) is 0 Å². The molecular weight excluding hydrogens is 383 g/mol. The minimum Gasteiger partial charge on any atom is -0.488 e. The van der Waals surface area contributed by atoms with E-state index in [9.17, 15) is 0 Å². The fraction of sp³-hybridized carbons (Fsp3) is 0.300. The number of nitrogens with zero attached hydrogens (tertiary/aromatic N) is 4. The van der Waals surface area contributed by atoms with Crippen LogP contribution in [-0.4, -0.2) is 40.0 Å². The first kappa shape index (κ1) is 18.3. The van der Waals surface area contributed by atoms with Gasteiger partial charge in [0.15, 0.2) is 0 Å². The number of para-hydroxylation sites is 1. The average Bonchev–Trinajstić information content (AvgIpc) is 3.30. The molecule has 140 valence electrons. The van der Waals surface area contributed by atoms with E-state index in [1.165, 1.54) is 0 Å². The van der Waals surface area contributed by atoms with Crippen LogP contribution < -0.4 is 4.74 Å². The van der Waals surface area contributed by atoms with Crippen molar-refractivity contribution in [3.05, 3.63) is 64.3 Å². The monoisotopic (exact) mass is 402 g/mol. The Labute approximate surface area is 168 Å². The number of likely N-dealkylation sites (tertiary alicyclic amines) is 1. The molecule has 5 nitrogen and oxygen atoms in total. The largest absolute Gasteiger partial charge is 0.488 e. The highest BCUT2D eigenvalue weighted by Crippen LogP contribution is 2.31. The van der Waals surface area contributed by atoms with E-state index in [-0.39, 0.29) is 0 Å². The van der Waals surface area contributed by atoms with Gasteiger partial charge in [-0.15, -0.1) is 5.10 Å². The van der Waals surface area contributed by atoms with E-state index >= 15 is 0 Å². The molecule has 0 N–H and O–H groups in total. The van der Waals surface area contributed by atoms with Crippen molar-refractivity contribution in [1.29, 1.82) is 0 Å². The average molecular weight is 403 g/mol. The lowest BCUT2D eigenvalue weighted by Gasteiger charge is -2.11. The second-order valence-electron chi connectivity index (χ2n) is 6.81. The third-order valence-corrected chi connectivity index (χ3v) is 5.40. The van der Waals surface area contributed by atoms with Crippen LogP contribution in [0.5, 0.6) is 5.75 Å². The predicted octanol–water partition coefficient (Wildman–Crippen LogP) is 4.71. The third kappa shape index (κ3) is 4.10. The van der Waals surface area contributed by atoms with Gasteiger partial charge >= 0.3 is 0 Å². The van der Waals surface area contributed by atoms with Gasteiger partial charge in [0.05, 0.1) is 12.2 Å². The molecule has 27 heavy (non-hydrogen) atoms. The summed E-state index contributed by atoms with van der Waals surface area (Å²) < 4.78 is 8.00. The number of benzene rings is 2. The Hall–Kier alpha value is -2.08. The third-order valence-electron chi connectivity index (χ3n) is 4.81. The molecule has 1 atom stereocenters. The van der Waals surface area contributed by atoms with Crippen LogP contribution in [0.2, 0.25) is 10.0 Å². The van der Waals surface area contributed by atoms with Crippen molar-refractivity contribution in [3.63, 3.8) is 0 Å². The quantitative estimate of drug-likeness (QED) is 0.619. The molecule has 0 spiro atoms. The highest BCUT2D eigenvalue weighted by molar-refractivity contribution is 6.35. The van der Waals surface area contributed by atoms with E-state index in [0.29, 0.717) is 22.7 Å². The van der Waals surface area contributed by atoms with Gasteiger partial charge in [0.1, 0.15) is 18.1 Å². The normalized spacial score (nSPS) is 17.4. The zero-order chi connectivity index (χ0) is 18.8. The number of hydrogen-bond donors (Lipinski definition) is 0. The van der Waals surface area contributed by atoms with Gasteiger partial charge in [-0.05, 0) is 44.3 Å². The number of likely N-dealkylation sites (N-methyl/N-ethyl adjacent to an activating group) is 1. The summed E-state index contributed by atoms with van der Waals surface area (Å²) in [7, 11) is 2.13. The summed E-state index contributed by atoms with van der Waals surface area (Å²) in [6, 6.07) is 13.6. The number of halogens is 2. The van der Waals surface area contributed by atoms with Crippen LogP contribution in [0.25, 0.3) is 11.3 Å². The Balaban J connectivity index is 1.54. The minimum atomic E-state index is 0.356. The smallest absolute Gasteiger partial charge is 0.129 e. The maximum atomic E-state index is 6.25. The summed E-state index contributed by atoms with van der Waals surface area (Å²) in [6.07, 6.45) is 3.09. The fourth-order valence-corrected chi connectivity index (χ4v) is 3.77. The molecule has 2 heterocycles. The van der Waals surface area contributed by atoms with Gasteiger partial charge < -0.3 is 9.64 Å². The number of rotatable bonds is 5. The minimum absolute atomic E-state index is 0.356. The molecule has 0 bridgehead atoms. The first-order chi connectivity index (χ1) is 13.1. The summed E-state index contributed by atoms with van der Waals surface area (Å²) in [4.78, 5) is 2.30. The van der Waals surface area contributed by atoms with Crippen molar-refractivity contribution in [2.24, 2.45) is 0 Å².